The summed E-state index contributed by atoms with van der Waals surface area (Å²) in [5, 5.41) is 18.6. The maximum atomic E-state index is 12.1. The van der Waals surface area contributed by atoms with Crippen molar-refractivity contribution < 1.29 is 15.0 Å². The summed E-state index contributed by atoms with van der Waals surface area (Å²) in [7, 11) is 0. The fourth-order valence-electron chi connectivity index (χ4n) is 5.13. The number of aliphatic hydroxyl groups excluding tert-OH is 2. The first kappa shape index (κ1) is 23.0. The zero-order valence-electron chi connectivity index (χ0n) is 18.6. The zero-order valence-corrected chi connectivity index (χ0v) is 18.6. The number of amides is 1. The lowest BCUT2D eigenvalue weighted by Gasteiger charge is -2.36. The maximum absolute atomic E-state index is 12.1. The molecular formula is C25H38N2O3. The van der Waals surface area contributed by atoms with Crippen LogP contribution in [-0.2, 0) is 0 Å². The van der Waals surface area contributed by atoms with Gasteiger partial charge < -0.3 is 15.9 Å². The molecule has 1 fully saturated rings. The smallest absolute Gasteiger partial charge is 0.249 e. The highest BCUT2D eigenvalue weighted by Gasteiger charge is 2.28. The first-order valence-electron chi connectivity index (χ1n) is 11.4. The van der Waals surface area contributed by atoms with Crippen LogP contribution < -0.4 is 5.73 Å². The van der Waals surface area contributed by atoms with Gasteiger partial charge in [0.25, 0.3) is 0 Å². The Morgan fingerprint density at radius 1 is 1.13 bits per heavy atom. The van der Waals surface area contributed by atoms with E-state index in [1.807, 2.05) is 6.07 Å². The second-order valence-electron chi connectivity index (χ2n) is 9.76. The van der Waals surface area contributed by atoms with Crippen molar-refractivity contribution in [1.82, 2.24) is 4.90 Å². The molecule has 0 aliphatic heterocycles. The van der Waals surface area contributed by atoms with E-state index in [4.69, 9.17) is 5.73 Å². The number of rotatable bonds is 8. The fraction of sp³-hybridized carbons (Fsp3) is 0.640. The SMILES string of the molecule is CC1(C)CC=C(c2cc(C3CCC(N(CCO)CCO)CC3)ccc2C(N)=O)CC1. The molecule has 0 saturated heterocycles. The Morgan fingerprint density at radius 3 is 2.33 bits per heavy atom. The summed E-state index contributed by atoms with van der Waals surface area (Å²) in [6, 6.07) is 6.65. The van der Waals surface area contributed by atoms with E-state index in [1.54, 1.807) is 0 Å². The van der Waals surface area contributed by atoms with E-state index in [-0.39, 0.29) is 19.1 Å². The lowest BCUT2D eigenvalue weighted by molar-refractivity contribution is 0.0974. The normalized spacial score (nSPS) is 24.0. The van der Waals surface area contributed by atoms with Crippen molar-refractivity contribution in [3.63, 3.8) is 0 Å². The van der Waals surface area contributed by atoms with Crippen LogP contribution in [0, 0.1) is 5.41 Å². The van der Waals surface area contributed by atoms with Crippen LogP contribution in [0.25, 0.3) is 5.57 Å². The largest absolute Gasteiger partial charge is 0.395 e. The predicted molar refractivity (Wildman–Crippen MR) is 121 cm³/mol. The number of allylic oxidation sites excluding steroid dienone is 2. The Bertz CT molecular complexity index is 758. The molecule has 1 aromatic carbocycles. The van der Waals surface area contributed by atoms with E-state index in [1.165, 1.54) is 11.1 Å². The second kappa shape index (κ2) is 10.1. The molecule has 0 spiro atoms. The van der Waals surface area contributed by atoms with E-state index in [0.29, 0.717) is 36.0 Å². The van der Waals surface area contributed by atoms with Crippen molar-refractivity contribution in [3.8, 4) is 0 Å². The topological polar surface area (TPSA) is 86.8 Å². The monoisotopic (exact) mass is 414 g/mol. The molecule has 30 heavy (non-hydrogen) atoms. The predicted octanol–water partition coefficient (Wildman–Crippen LogP) is 3.69. The number of hydrogen-bond donors (Lipinski definition) is 3. The molecule has 4 N–H and O–H groups in total. The lowest BCUT2D eigenvalue weighted by atomic mass is 9.75. The van der Waals surface area contributed by atoms with E-state index < -0.39 is 0 Å². The van der Waals surface area contributed by atoms with Crippen molar-refractivity contribution >= 4 is 11.5 Å². The van der Waals surface area contributed by atoms with Crippen LogP contribution in [0.1, 0.15) is 86.2 Å². The number of aliphatic hydroxyl groups is 2. The molecule has 166 valence electrons. The summed E-state index contributed by atoms with van der Waals surface area (Å²) in [5.74, 6) is 0.127. The van der Waals surface area contributed by atoms with Gasteiger partial charge in [-0.3, -0.25) is 9.69 Å². The highest BCUT2D eigenvalue weighted by molar-refractivity contribution is 5.98. The van der Waals surface area contributed by atoms with Crippen LogP contribution in [0.5, 0.6) is 0 Å². The van der Waals surface area contributed by atoms with Crippen molar-refractivity contribution in [1.29, 1.82) is 0 Å². The molecule has 0 heterocycles. The highest BCUT2D eigenvalue weighted by atomic mass is 16.3. The third-order valence-electron chi connectivity index (χ3n) is 7.09. The molecule has 1 aromatic rings. The summed E-state index contributed by atoms with van der Waals surface area (Å²) in [6.45, 7) is 6.09. The molecule has 0 radical (unpaired) electrons. The molecule has 0 unspecified atom stereocenters. The maximum Gasteiger partial charge on any atom is 0.249 e. The van der Waals surface area contributed by atoms with Gasteiger partial charge >= 0.3 is 0 Å². The summed E-state index contributed by atoms with van der Waals surface area (Å²) in [5.41, 5.74) is 10.2. The lowest BCUT2D eigenvalue weighted by Crippen LogP contribution is -2.41. The minimum Gasteiger partial charge on any atom is -0.395 e. The van der Waals surface area contributed by atoms with E-state index in [9.17, 15) is 15.0 Å². The van der Waals surface area contributed by atoms with Gasteiger partial charge in [0.05, 0.1) is 13.2 Å². The van der Waals surface area contributed by atoms with Gasteiger partial charge in [0.15, 0.2) is 0 Å². The highest BCUT2D eigenvalue weighted by Crippen LogP contribution is 2.41. The number of primary amides is 1. The summed E-state index contributed by atoms with van der Waals surface area (Å²) >= 11 is 0. The van der Waals surface area contributed by atoms with Gasteiger partial charge in [-0.25, -0.2) is 0 Å². The summed E-state index contributed by atoms with van der Waals surface area (Å²) in [6.07, 6.45) is 9.73. The van der Waals surface area contributed by atoms with Gasteiger partial charge in [-0.05, 0) is 79.0 Å². The van der Waals surface area contributed by atoms with Crippen LogP contribution in [0.2, 0.25) is 0 Å². The third-order valence-corrected chi connectivity index (χ3v) is 7.09. The average Bonchev–Trinajstić information content (AvgIpc) is 2.73. The molecule has 2 aliphatic carbocycles. The molecular weight excluding hydrogens is 376 g/mol. The minimum atomic E-state index is -0.352. The van der Waals surface area contributed by atoms with E-state index in [2.05, 4.69) is 37.0 Å². The van der Waals surface area contributed by atoms with Gasteiger partial charge in [0.1, 0.15) is 0 Å². The van der Waals surface area contributed by atoms with Crippen molar-refractivity contribution in [3.05, 3.63) is 41.0 Å². The molecule has 5 nitrogen and oxygen atoms in total. The first-order valence-corrected chi connectivity index (χ1v) is 11.4. The standard InChI is InChI=1S/C25H38N2O3/c1-25(2)11-9-19(10-12-25)23-17-20(5-8-22(23)24(26)30)18-3-6-21(7-4-18)27(13-15-28)14-16-29/h5,8-9,17-18,21,28-29H,3-4,6-7,10-16H2,1-2H3,(H2,26,30). The zero-order chi connectivity index (χ0) is 21.7. The number of nitrogens with zero attached hydrogens (tertiary/aromatic N) is 1. The molecule has 0 aromatic heterocycles. The van der Waals surface area contributed by atoms with Crippen LogP contribution >= 0.6 is 0 Å². The van der Waals surface area contributed by atoms with Crippen molar-refractivity contribution in [2.24, 2.45) is 11.1 Å². The molecule has 0 bridgehead atoms. The van der Waals surface area contributed by atoms with E-state index in [0.717, 1.165) is 50.5 Å². The first-order chi connectivity index (χ1) is 14.3. The molecule has 3 rings (SSSR count). The second-order valence-corrected chi connectivity index (χ2v) is 9.76. The summed E-state index contributed by atoms with van der Waals surface area (Å²) in [4.78, 5) is 14.3. The molecule has 1 amide bonds. The van der Waals surface area contributed by atoms with Crippen LogP contribution in [0.15, 0.2) is 24.3 Å². The third kappa shape index (κ3) is 5.51. The number of benzene rings is 1. The summed E-state index contributed by atoms with van der Waals surface area (Å²) < 4.78 is 0. The molecule has 2 aliphatic rings. The Labute approximate surface area is 181 Å². The van der Waals surface area contributed by atoms with Crippen LogP contribution in [-0.4, -0.2) is 53.4 Å². The fourth-order valence-corrected chi connectivity index (χ4v) is 5.13. The average molecular weight is 415 g/mol. The number of nitrogens with two attached hydrogens (primary N) is 1. The number of hydrogen-bond acceptors (Lipinski definition) is 4. The van der Waals surface area contributed by atoms with Crippen LogP contribution in [0.3, 0.4) is 0 Å². The van der Waals surface area contributed by atoms with Crippen LogP contribution in [0.4, 0.5) is 0 Å². The van der Waals surface area contributed by atoms with Crippen molar-refractivity contribution in [2.75, 3.05) is 26.3 Å². The Kier molecular flexibility index (Phi) is 7.72. The molecule has 5 heteroatoms. The number of carbonyl (C=O) groups excluding carboxylic acids is 1. The Morgan fingerprint density at radius 2 is 1.80 bits per heavy atom. The van der Waals surface area contributed by atoms with E-state index >= 15 is 0 Å². The van der Waals surface area contributed by atoms with Gasteiger partial charge in [-0.15, -0.1) is 0 Å². The van der Waals surface area contributed by atoms with Crippen molar-refractivity contribution in [2.45, 2.75) is 70.8 Å². The Hall–Kier alpha value is -1.69. The quantitative estimate of drug-likeness (QED) is 0.605. The van der Waals surface area contributed by atoms with Gasteiger partial charge in [-0.1, -0.05) is 32.1 Å². The Balaban J connectivity index is 1.76. The van der Waals surface area contributed by atoms with Gasteiger partial charge in [0, 0.05) is 24.7 Å². The molecule has 1 saturated carbocycles. The minimum absolute atomic E-state index is 0.129. The van der Waals surface area contributed by atoms with Gasteiger partial charge in [-0.2, -0.15) is 0 Å². The van der Waals surface area contributed by atoms with Gasteiger partial charge in [0.2, 0.25) is 5.91 Å². The molecule has 0 atom stereocenters. The number of carbonyl (C=O) groups is 1.